The largest absolute Gasteiger partial charge is 0.461 e. The monoisotopic (exact) mass is 293 g/mol. The van der Waals surface area contributed by atoms with Gasteiger partial charge in [0.1, 0.15) is 11.3 Å². The summed E-state index contributed by atoms with van der Waals surface area (Å²) in [4.78, 5) is 20.4. The number of nitrogens with zero attached hydrogens (tertiary/aromatic N) is 3. The lowest BCUT2D eigenvalue weighted by molar-refractivity contribution is 0.0512. The zero-order valence-corrected chi connectivity index (χ0v) is 12.1. The van der Waals surface area contributed by atoms with E-state index in [2.05, 4.69) is 9.97 Å². The summed E-state index contributed by atoms with van der Waals surface area (Å²) < 4.78 is 7.13. The highest BCUT2D eigenvalue weighted by atomic mass is 35.5. The molecular formula is C14H16ClN3O2. The highest BCUT2D eigenvalue weighted by molar-refractivity contribution is 6.28. The SMILES string of the molecule is CCOC(=O)c1cc2cnc(Cl)nc2n1C1CCCC1. The normalized spacial score (nSPS) is 15.9. The van der Waals surface area contributed by atoms with Crippen LogP contribution in [0.4, 0.5) is 0 Å². The molecule has 2 aromatic rings. The van der Waals surface area contributed by atoms with Crippen molar-refractivity contribution in [3.05, 3.63) is 23.2 Å². The number of rotatable bonds is 3. The summed E-state index contributed by atoms with van der Waals surface area (Å²) in [6, 6.07) is 2.08. The molecule has 0 aromatic carbocycles. The highest BCUT2D eigenvalue weighted by Gasteiger charge is 2.26. The van der Waals surface area contributed by atoms with Crippen LogP contribution < -0.4 is 0 Å². The Hall–Kier alpha value is -1.62. The summed E-state index contributed by atoms with van der Waals surface area (Å²) >= 11 is 5.90. The first kappa shape index (κ1) is 13.4. The van der Waals surface area contributed by atoms with Crippen molar-refractivity contribution in [2.24, 2.45) is 0 Å². The number of hydrogen-bond donors (Lipinski definition) is 0. The second-order valence-corrected chi connectivity index (χ2v) is 5.31. The van der Waals surface area contributed by atoms with Gasteiger partial charge in [-0.2, -0.15) is 4.98 Å². The van der Waals surface area contributed by atoms with Crippen molar-refractivity contribution >= 4 is 28.6 Å². The molecule has 2 aromatic heterocycles. The zero-order valence-electron chi connectivity index (χ0n) is 11.3. The highest BCUT2D eigenvalue weighted by Crippen LogP contribution is 2.34. The number of ether oxygens (including phenoxy) is 1. The molecule has 0 N–H and O–H groups in total. The number of carbonyl (C=O) groups excluding carboxylic acids is 1. The van der Waals surface area contributed by atoms with Crippen LogP contribution in [0.2, 0.25) is 5.28 Å². The minimum atomic E-state index is -0.312. The topological polar surface area (TPSA) is 57.0 Å². The summed E-state index contributed by atoms with van der Waals surface area (Å²) in [5, 5.41) is 1.02. The minimum Gasteiger partial charge on any atom is -0.461 e. The van der Waals surface area contributed by atoms with Gasteiger partial charge in [0, 0.05) is 17.6 Å². The van der Waals surface area contributed by atoms with E-state index in [0.717, 1.165) is 23.9 Å². The van der Waals surface area contributed by atoms with Gasteiger partial charge >= 0.3 is 5.97 Å². The average molecular weight is 294 g/mol. The first-order chi connectivity index (χ1) is 9.70. The molecule has 1 aliphatic rings. The number of hydrogen-bond acceptors (Lipinski definition) is 4. The maximum Gasteiger partial charge on any atom is 0.355 e. The van der Waals surface area contributed by atoms with E-state index in [4.69, 9.17) is 16.3 Å². The van der Waals surface area contributed by atoms with Crippen molar-refractivity contribution in [2.75, 3.05) is 6.61 Å². The Kier molecular flexibility index (Phi) is 3.61. The lowest BCUT2D eigenvalue weighted by Gasteiger charge is -2.16. The van der Waals surface area contributed by atoms with Gasteiger partial charge in [-0.25, -0.2) is 9.78 Å². The fourth-order valence-corrected chi connectivity index (χ4v) is 3.01. The number of fused-ring (bicyclic) bond motifs is 1. The minimum absolute atomic E-state index is 0.199. The Morgan fingerprint density at radius 2 is 2.25 bits per heavy atom. The lowest BCUT2D eigenvalue weighted by Crippen LogP contribution is -2.15. The van der Waals surface area contributed by atoms with Crippen molar-refractivity contribution in [3.63, 3.8) is 0 Å². The molecule has 6 heteroatoms. The fraction of sp³-hybridized carbons (Fsp3) is 0.500. The van der Waals surface area contributed by atoms with Crippen molar-refractivity contribution in [1.29, 1.82) is 0 Å². The van der Waals surface area contributed by atoms with E-state index in [9.17, 15) is 4.79 Å². The van der Waals surface area contributed by atoms with Crippen molar-refractivity contribution in [3.8, 4) is 0 Å². The van der Waals surface area contributed by atoms with E-state index in [1.165, 1.54) is 12.8 Å². The van der Waals surface area contributed by atoms with Crippen molar-refractivity contribution < 1.29 is 9.53 Å². The van der Waals surface area contributed by atoms with Gasteiger partial charge in [-0.05, 0) is 37.4 Å². The molecule has 1 saturated carbocycles. The average Bonchev–Trinajstić information content (AvgIpc) is 3.04. The Morgan fingerprint density at radius 3 is 2.95 bits per heavy atom. The van der Waals surface area contributed by atoms with Crippen LogP contribution >= 0.6 is 11.6 Å². The zero-order chi connectivity index (χ0) is 14.1. The third-order valence-corrected chi connectivity index (χ3v) is 3.90. The lowest BCUT2D eigenvalue weighted by atomic mass is 10.2. The van der Waals surface area contributed by atoms with Gasteiger partial charge in [0.2, 0.25) is 5.28 Å². The van der Waals surface area contributed by atoms with Crippen LogP contribution in [-0.4, -0.2) is 27.1 Å². The Bertz CT molecular complexity index is 647. The van der Waals surface area contributed by atoms with Crippen LogP contribution in [0.5, 0.6) is 0 Å². The Morgan fingerprint density at radius 1 is 1.50 bits per heavy atom. The summed E-state index contributed by atoms with van der Waals surface area (Å²) in [6.07, 6.45) is 6.10. The molecule has 1 aliphatic carbocycles. The smallest absolute Gasteiger partial charge is 0.355 e. The molecule has 5 nitrogen and oxygen atoms in total. The molecule has 0 amide bonds. The van der Waals surface area contributed by atoms with E-state index in [-0.39, 0.29) is 17.3 Å². The maximum atomic E-state index is 12.2. The molecule has 0 radical (unpaired) electrons. The molecule has 3 rings (SSSR count). The fourth-order valence-electron chi connectivity index (χ4n) is 2.88. The van der Waals surface area contributed by atoms with E-state index in [1.807, 2.05) is 4.57 Å². The first-order valence-electron chi connectivity index (χ1n) is 6.91. The third-order valence-electron chi connectivity index (χ3n) is 3.72. The van der Waals surface area contributed by atoms with Crippen LogP contribution in [0, 0.1) is 0 Å². The molecule has 106 valence electrons. The van der Waals surface area contributed by atoms with Gasteiger partial charge in [-0.3, -0.25) is 0 Å². The van der Waals surface area contributed by atoms with Crippen LogP contribution in [-0.2, 0) is 4.74 Å². The Balaban J connectivity index is 2.16. The molecule has 0 unspecified atom stereocenters. The summed E-state index contributed by atoms with van der Waals surface area (Å²) in [6.45, 7) is 2.16. The predicted molar refractivity (Wildman–Crippen MR) is 76.0 cm³/mol. The number of aromatic nitrogens is 3. The molecule has 2 heterocycles. The molecule has 1 fully saturated rings. The summed E-state index contributed by atoms with van der Waals surface area (Å²) in [5.41, 5.74) is 1.27. The van der Waals surface area contributed by atoms with E-state index < -0.39 is 0 Å². The van der Waals surface area contributed by atoms with E-state index >= 15 is 0 Å². The van der Waals surface area contributed by atoms with Crippen molar-refractivity contribution in [2.45, 2.75) is 38.6 Å². The molecule has 0 atom stereocenters. The standard InChI is InChI=1S/C14H16ClN3O2/c1-2-20-13(19)11-7-9-8-16-14(15)17-12(9)18(11)10-5-3-4-6-10/h7-8,10H,2-6H2,1H3. The van der Waals surface area contributed by atoms with Gasteiger partial charge < -0.3 is 9.30 Å². The maximum absolute atomic E-state index is 12.2. The number of esters is 1. The number of carbonyl (C=O) groups is 1. The van der Waals surface area contributed by atoms with Gasteiger partial charge in [0.25, 0.3) is 0 Å². The van der Waals surface area contributed by atoms with E-state index in [0.29, 0.717) is 12.3 Å². The quantitative estimate of drug-likeness (QED) is 0.643. The van der Waals surface area contributed by atoms with Crippen molar-refractivity contribution in [1.82, 2.24) is 14.5 Å². The van der Waals surface area contributed by atoms with Crippen LogP contribution in [0.3, 0.4) is 0 Å². The number of halogens is 1. The summed E-state index contributed by atoms with van der Waals surface area (Å²) in [7, 11) is 0. The second-order valence-electron chi connectivity index (χ2n) is 4.98. The summed E-state index contributed by atoms with van der Waals surface area (Å²) in [5.74, 6) is -0.312. The van der Waals surface area contributed by atoms with Gasteiger partial charge in [0.05, 0.1) is 6.61 Å². The molecule has 0 saturated heterocycles. The predicted octanol–water partition coefficient (Wildman–Crippen LogP) is 3.38. The van der Waals surface area contributed by atoms with Gasteiger partial charge in [-0.15, -0.1) is 0 Å². The Labute approximate surface area is 121 Å². The molecule has 0 aliphatic heterocycles. The third kappa shape index (κ3) is 2.26. The molecular weight excluding hydrogens is 278 g/mol. The van der Waals surface area contributed by atoms with Gasteiger partial charge in [0.15, 0.2) is 0 Å². The first-order valence-corrected chi connectivity index (χ1v) is 7.29. The molecule has 0 bridgehead atoms. The van der Waals surface area contributed by atoms with Crippen LogP contribution in [0.15, 0.2) is 12.3 Å². The molecule has 0 spiro atoms. The molecule has 20 heavy (non-hydrogen) atoms. The van der Waals surface area contributed by atoms with E-state index in [1.54, 1.807) is 19.2 Å². The second kappa shape index (κ2) is 5.40. The van der Waals surface area contributed by atoms with Crippen LogP contribution in [0.25, 0.3) is 11.0 Å². The van der Waals surface area contributed by atoms with Gasteiger partial charge in [-0.1, -0.05) is 12.8 Å². The van der Waals surface area contributed by atoms with Crippen LogP contribution in [0.1, 0.15) is 49.1 Å².